The highest BCUT2D eigenvalue weighted by Gasteiger charge is 2.21. The molecule has 1 aromatic heterocycles. The predicted molar refractivity (Wildman–Crippen MR) is 105 cm³/mol. The van der Waals surface area contributed by atoms with Gasteiger partial charge in [-0.05, 0) is 55.2 Å². The zero-order valence-electron chi connectivity index (χ0n) is 14.9. The first-order valence-electron chi connectivity index (χ1n) is 9.45. The summed E-state index contributed by atoms with van der Waals surface area (Å²) >= 11 is 1.82. The minimum absolute atomic E-state index is 0.0500. The highest BCUT2D eigenvalue weighted by Crippen LogP contribution is 2.30. The third kappa shape index (κ3) is 3.76. The molecule has 0 atom stereocenters. The maximum atomic E-state index is 12.3. The monoisotopic (exact) mass is 376 g/mol. The number of aromatic nitrogens is 1. The molecule has 2 aliphatic rings. The smallest absolute Gasteiger partial charge is 0.252 e. The van der Waals surface area contributed by atoms with E-state index < -0.39 is 0 Å². The van der Waals surface area contributed by atoms with Crippen LogP contribution >= 0.6 is 11.8 Å². The van der Waals surface area contributed by atoms with Gasteiger partial charge in [0.15, 0.2) is 0 Å². The lowest BCUT2D eigenvalue weighted by Crippen LogP contribution is -2.38. The number of halogens is 1. The molecular weight excluding hydrogens is 351 g/mol. The Morgan fingerprint density at radius 2 is 2.12 bits per heavy atom. The summed E-state index contributed by atoms with van der Waals surface area (Å²) in [5.74, 6) is 2.74. The van der Waals surface area contributed by atoms with E-state index in [1.54, 1.807) is 0 Å². The van der Waals surface area contributed by atoms with Crippen molar-refractivity contribution in [2.75, 3.05) is 32.1 Å². The van der Waals surface area contributed by atoms with Crippen molar-refractivity contribution in [3.05, 3.63) is 39.7 Å². The van der Waals surface area contributed by atoms with Crippen molar-refractivity contribution in [3.8, 4) is 5.75 Å². The number of benzene rings is 1. The highest BCUT2D eigenvalue weighted by molar-refractivity contribution is 7.98. The molecule has 4 rings (SSSR count). The van der Waals surface area contributed by atoms with Crippen molar-refractivity contribution >= 4 is 22.7 Å². The normalized spacial score (nSPS) is 18.8. The van der Waals surface area contributed by atoms with Crippen LogP contribution in [0, 0.1) is 0 Å². The van der Waals surface area contributed by atoms with Gasteiger partial charge in [-0.3, -0.25) is 9.18 Å². The van der Waals surface area contributed by atoms with Crippen LogP contribution < -0.4 is 10.3 Å². The summed E-state index contributed by atoms with van der Waals surface area (Å²) < 4.78 is 18.5. The number of H-pyrrole nitrogens is 1. The number of hydrogen-bond donors (Lipinski definition) is 1. The van der Waals surface area contributed by atoms with Gasteiger partial charge in [-0.2, -0.15) is 11.8 Å². The number of thioether (sulfide) groups is 1. The second-order valence-corrected chi connectivity index (χ2v) is 8.23. The van der Waals surface area contributed by atoms with Crippen molar-refractivity contribution in [1.82, 2.24) is 9.88 Å². The lowest BCUT2D eigenvalue weighted by Gasteiger charge is -2.32. The first-order valence-corrected chi connectivity index (χ1v) is 10.6. The molecule has 3 heterocycles. The number of aryl methyl sites for hydroxylation is 1. The Labute approximate surface area is 157 Å². The molecule has 0 aliphatic carbocycles. The lowest BCUT2D eigenvalue weighted by atomic mass is 10.0. The van der Waals surface area contributed by atoms with Crippen LogP contribution in [0.1, 0.15) is 30.4 Å². The summed E-state index contributed by atoms with van der Waals surface area (Å²) in [6, 6.07) is 6.01. The number of nitrogens with zero attached hydrogens (tertiary/aromatic N) is 1. The number of ether oxygens (including phenoxy) is 1. The van der Waals surface area contributed by atoms with Crippen LogP contribution in [0.3, 0.4) is 0 Å². The van der Waals surface area contributed by atoms with Gasteiger partial charge in [0, 0.05) is 41.9 Å². The maximum absolute atomic E-state index is 12.3. The molecule has 6 heteroatoms. The number of nitrogens with one attached hydrogen (secondary N) is 1. The second kappa shape index (κ2) is 8.01. The third-order valence-corrected chi connectivity index (χ3v) is 6.38. The van der Waals surface area contributed by atoms with Crippen LogP contribution in [-0.4, -0.2) is 48.0 Å². The maximum Gasteiger partial charge on any atom is 0.252 e. The predicted octanol–water partition coefficient (Wildman–Crippen LogP) is 3.52. The van der Waals surface area contributed by atoms with E-state index in [9.17, 15) is 9.18 Å². The Bertz CT molecular complexity index is 830. The number of alkyl halides is 1. The summed E-state index contributed by atoms with van der Waals surface area (Å²) in [4.78, 5) is 17.6. The summed E-state index contributed by atoms with van der Waals surface area (Å²) in [6.07, 6.45) is 3.73. The third-order valence-electron chi connectivity index (χ3n) is 5.39. The van der Waals surface area contributed by atoms with E-state index in [1.165, 1.54) is 5.56 Å². The van der Waals surface area contributed by atoms with E-state index in [0.29, 0.717) is 6.42 Å². The molecule has 0 unspecified atom stereocenters. The zero-order chi connectivity index (χ0) is 17.9. The van der Waals surface area contributed by atoms with Crippen molar-refractivity contribution in [2.45, 2.75) is 37.5 Å². The average molecular weight is 376 g/mol. The highest BCUT2D eigenvalue weighted by atomic mass is 32.2. The van der Waals surface area contributed by atoms with E-state index in [0.717, 1.165) is 72.6 Å². The van der Waals surface area contributed by atoms with Crippen LogP contribution in [0.4, 0.5) is 4.39 Å². The Morgan fingerprint density at radius 3 is 2.92 bits per heavy atom. The Morgan fingerprint density at radius 1 is 1.27 bits per heavy atom. The fourth-order valence-electron chi connectivity index (χ4n) is 3.97. The van der Waals surface area contributed by atoms with Gasteiger partial charge in [0.05, 0.1) is 6.67 Å². The minimum Gasteiger partial charge on any atom is -0.490 e. The molecule has 0 radical (unpaired) electrons. The Hall–Kier alpha value is -1.53. The second-order valence-electron chi connectivity index (χ2n) is 7.12. The number of fused-ring (bicyclic) bond motifs is 3. The number of pyridine rings is 1. The average Bonchev–Trinajstić information content (AvgIpc) is 2.68. The van der Waals surface area contributed by atoms with Crippen molar-refractivity contribution in [1.29, 1.82) is 0 Å². The first-order chi connectivity index (χ1) is 12.7. The summed E-state index contributed by atoms with van der Waals surface area (Å²) in [7, 11) is 0. The number of likely N-dealkylation sites (tertiary alicyclic amines) is 1. The fraction of sp³-hybridized carbons (Fsp3) is 0.550. The van der Waals surface area contributed by atoms with Gasteiger partial charge >= 0.3 is 0 Å². The van der Waals surface area contributed by atoms with E-state index >= 15 is 0 Å². The van der Waals surface area contributed by atoms with E-state index in [-0.39, 0.29) is 18.3 Å². The molecule has 1 saturated heterocycles. The van der Waals surface area contributed by atoms with Gasteiger partial charge in [0.1, 0.15) is 11.9 Å². The van der Waals surface area contributed by atoms with Gasteiger partial charge in [-0.25, -0.2) is 0 Å². The number of piperidine rings is 1. The Kier molecular flexibility index (Phi) is 5.50. The van der Waals surface area contributed by atoms with Crippen molar-refractivity contribution in [2.24, 2.45) is 0 Å². The van der Waals surface area contributed by atoms with Gasteiger partial charge in [-0.15, -0.1) is 0 Å². The molecule has 2 aliphatic heterocycles. The summed E-state index contributed by atoms with van der Waals surface area (Å²) in [6.45, 7) is 2.55. The zero-order valence-corrected chi connectivity index (χ0v) is 15.7. The number of hydrogen-bond acceptors (Lipinski definition) is 4. The minimum atomic E-state index is -0.238. The molecule has 140 valence electrons. The molecule has 1 N–H and O–H groups in total. The van der Waals surface area contributed by atoms with Gasteiger partial charge < -0.3 is 14.6 Å². The van der Waals surface area contributed by atoms with Crippen LogP contribution in [0.15, 0.2) is 23.0 Å². The van der Waals surface area contributed by atoms with Gasteiger partial charge in [0.25, 0.3) is 5.56 Å². The van der Waals surface area contributed by atoms with Crippen LogP contribution in [-0.2, 0) is 12.2 Å². The van der Waals surface area contributed by atoms with Gasteiger partial charge in [-0.1, -0.05) is 0 Å². The van der Waals surface area contributed by atoms with E-state index in [2.05, 4.69) is 16.0 Å². The molecule has 2 aromatic rings. The van der Waals surface area contributed by atoms with Gasteiger partial charge in [0.2, 0.25) is 0 Å². The largest absolute Gasteiger partial charge is 0.490 e. The van der Waals surface area contributed by atoms with Crippen LogP contribution in [0.2, 0.25) is 0 Å². The molecule has 26 heavy (non-hydrogen) atoms. The van der Waals surface area contributed by atoms with E-state index in [1.807, 2.05) is 23.9 Å². The number of rotatable bonds is 5. The molecule has 1 fully saturated rings. The molecule has 4 nitrogen and oxygen atoms in total. The molecule has 1 aromatic carbocycles. The lowest BCUT2D eigenvalue weighted by molar-refractivity contribution is 0.0989. The first kappa shape index (κ1) is 17.9. The molecule has 0 amide bonds. The SMILES string of the molecule is O=c1[nH]c2ccc(OC3CCN(CCCF)CC3)cc2c2c1CSCC2. The van der Waals surface area contributed by atoms with Crippen molar-refractivity contribution < 1.29 is 9.13 Å². The van der Waals surface area contributed by atoms with Crippen LogP contribution in [0.5, 0.6) is 5.75 Å². The summed E-state index contributed by atoms with van der Waals surface area (Å²) in [5.41, 5.74) is 3.06. The quantitative estimate of drug-likeness (QED) is 0.867. The molecular formula is C20H25FN2O2S. The molecule has 0 bridgehead atoms. The molecule has 0 spiro atoms. The van der Waals surface area contributed by atoms with Crippen LogP contribution in [0.25, 0.3) is 10.9 Å². The van der Waals surface area contributed by atoms with Crippen molar-refractivity contribution in [3.63, 3.8) is 0 Å². The summed E-state index contributed by atoms with van der Waals surface area (Å²) in [5, 5.41) is 1.12. The fourth-order valence-corrected chi connectivity index (χ4v) is 4.97. The number of aromatic amines is 1. The Balaban J connectivity index is 1.50. The molecule has 0 saturated carbocycles. The standard InChI is InChI=1S/C20H25FN2O2S/c21-7-1-8-23-9-4-14(5-10-23)25-15-2-3-19-17(12-15)16-6-11-26-13-18(16)20(24)22-19/h2-3,12,14H,1,4-11,13H2,(H,22,24). The van der Waals surface area contributed by atoms with E-state index in [4.69, 9.17) is 4.74 Å². The topological polar surface area (TPSA) is 45.3 Å².